The Kier molecular flexibility index (Phi) is 6.70. The van der Waals surface area contributed by atoms with Gasteiger partial charge in [-0.2, -0.15) is 0 Å². The number of imidazole rings is 1. The number of nitrogens with zero attached hydrogens (tertiary/aromatic N) is 4. The molecule has 0 N–H and O–H groups in total. The number of likely N-dealkylation sites (N-methyl/N-ethyl adjacent to an activating group) is 1. The molecule has 0 radical (unpaired) electrons. The molecular weight excluding hydrogens is 467 g/mol. The lowest BCUT2D eigenvalue weighted by Crippen LogP contribution is -2.50. The topological polar surface area (TPSA) is 41.4 Å². The number of hydrogen-bond donors (Lipinski definition) is 0. The lowest BCUT2D eigenvalue weighted by atomic mass is 9.97. The number of carbonyl (C=O) groups excluding carboxylic acids is 1. The molecule has 2 aliphatic rings. The van der Waals surface area contributed by atoms with Crippen LogP contribution in [0.1, 0.15) is 49.8 Å². The van der Waals surface area contributed by atoms with Crippen LogP contribution in [-0.2, 0) is 4.79 Å². The maximum atomic E-state index is 13.1. The molecule has 1 aromatic heterocycles. The van der Waals surface area contributed by atoms with Crippen LogP contribution in [0.15, 0.2) is 48.8 Å². The Morgan fingerprint density at radius 1 is 1.12 bits per heavy atom. The fraction of sp³-hybridized carbons (Fsp3) is 0.407. The molecule has 0 aliphatic carbocycles. The summed E-state index contributed by atoms with van der Waals surface area (Å²) in [7, 11) is 2.07. The van der Waals surface area contributed by atoms with Crippen LogP contribution in [0.4, 0.5) is 0 Å². The Labute approximate surface area is 211 Å². The molecule has 0 bridgehead atoms. The molecule has 1 saturated heterocycles. The normalized spacial score (nSPS) is 20.4. The van der Waals surface area contributed by atoms with E-state index in [1.807, 2.05) is 23.4 Å². The highest BCUT2D eigenvalue weighted by Gasteiger charge is 2.30. The highest BCUT2D eigenvalue weighted by Crippen LogP contribution is 2.32. The molecule has 34 heavy (non-hydrogen) atoms. The van der Waals surface area contributed by atoms with Crippen molar-refractivity contribution in [3.05, 3.63) is 70.0 Å². The quantitative estimate of drug-likeness (QED) is 0.441. The van der Waals surface area contributed by atoms with Crippen LogP contribution in [0.5, 0.6) is 0 Å². The summed E-state index contributed by atoms with van der Waals surface area (Å²) in [5, 5.41) is 1.28. The average molecular weight is 497 g/mol. The Morgan fingerprint density at radius 3 is 2.71 bits per heavy atom. The third-order valence-corrected chi connectivity index (χ3v) is 7.91. The summed E-state index contributed by atoms with van der Waals surface area (Å²) >= 11 is 12.6. The third kappa shape index (κ3) is 4.49. The van der Waals surface area contributed by atoms with Gasteiger partial charge in [-0.05, 0) is 80.7 Å². The van der Waals surface area contributed by atoms with Gasteiger partial charge in [0, 0.05) is 23.1 Å². The number of carbonyl (C=O) groups is 1. The second-order valence-electron chi connectivity index (χ2n) is 9.45. The first-order chi connectivity index (χ1) is 16.4. The summed E-state index contributed by atoms with van der Waals surface area (Å²) in [4.78, 5) is 21.9. The van der Waals surface area contributed by atoms with Gasteiger partial charge in [0.25, 0.3) is 0 Å². The molecule has 3 aromatic rings. The molecule has 2 unspecified atom stereocenters. The highest BCUT2D eigenvalue weighted by molar-refractivity contribution is 6.35. The number of likely N-dealkylation sites (tertiary alicyclic amines) is 1. The van der Waals surface area contributed by atoms with Gasteiger partial charge >= 0.3 is 0 Å². The zero-order valence-electron chi connectivity index (χ0n) is 19.7. The zero-order valence-corrected chi connectivity index (χ0v) is 21.2. The van der Waals surface area contributed by atoms with Crippen molar-refractivity contribution < 1.29 is 4.79 Å². The van der Waals surface area contributed by atoms with E-state index in [2.05, 4.69) is 52.7 Å². The molecule has 1 amide bonds. The summed E-state index contributed by atoms with van der Waals surface area (Å²) < 4.78 is 2.16. The number of hydrogen-bond acceptors (Lipinski definition) is 3. The molecule has 2 atom stereocenters. The lowest BCUT2D eigenvalue weighted by molar-refractivity contribution is -0.137. The standard InChI is InChI=1S/C27H30Cl2N4O/c1-18(22-8-7-21(28)16-23(22)29)33-17-30-24-9-6-20(15-26(24)33)19-10-13-32(14-11-19)27(34)25-5-3-4-12-31(25)2/h6-10,15-18,25H,3-5,11-14H2,1-2H3. The zero-order chi connectivity index (χ0) is 23.8. The molecule has 0 saturated carbocycles. The maximum absolute atomic E-state index is 13.1. The van der Waals surface area contributed by atoms with E-state index in [-0.39, 0.29) is 18.0 Å². The van der Waals surface area contributed by atoms with Gasteiger partial charge in [0.05, 0.1) is 29.4 Å². The van der Waals surface area contributed by atoms with Gasteiger partial charge in [0.15, 0.2) is 0 Å². The first-order valence-corrected chi connectivity index (χ1v) is 12.8. The predicted octanol–water partition coefficient (Wildman–Crippen LogP) is 6.05. The van der Waals surface area contributed by atoms with Gasteiger partial charge in [0.1, 0.15) is 0 Å². The van der Waals surface area contributed by atoms with Gasteiger partial charge < -0.3 is 9.47 Å². The first-order valence-electron chi connectivity index (χ1n) is 12.0. The minimum Gasteiger partial charge on any atom is -0.337 e. The van der Waals surface area contributed by atoms with Crippen molar-refractivity contribution in [1.82, 2.24) is 19.4 Å². The van der Waals surface area contributed by atoms with Crippen molar-refractivity contribution in [2.24, 2.45) is 0 Å². The summed E-state index contributed by atoms with van der Waals surface area (Å²) in [5.74, 6) is 0.277. The highest BCUT2D eigenvalue weighted by atomic mass is 35.5. The van der Waals surface area contributed by atoms with Crippen LogP contribution < -0.4 is 0 Å². The van der Waals surface area contributed by atoms with Crippen molar-refractivity contribution in [2.75, 3.05) is 26.7 Å². The van der Waals surface area contributed by atoms with E-state index < -0.39 is 0 Å². The molecule has 7 heteroatoms. The van der Waals surface area contributed by atoms with Crippen molar-refractivity contribution in [3.63, 3.8) is 0 Å². The summed E-state index contributed by atoms with van der Waals surface area (Å²) in [6, 6.07) is 12.1. The van der Waals surface area contributed by atoms with Crippen molar-refractivity contribution in [3.8, 4) is 0 Å². The van der Waals surface area contributed by atoms with Crippen LogP contribution in [0, 0.1) is 0 Å². The van der Waals surface area contributed by atoms with E-state index >= 15 is 0 Å². The number of amides is 1. The third-order valence-electron chi connectivity index (χ3n) is 7.35. The maximum Gasteiger partial charge on any atom is 0.240 e. The second kappa shape index (κ2) is 9.73. The van der Waals surface area contributed by atoms with Crippen LogP contribution in [-0.4, -0.2) is 58.0 Å². The minimum absolute atomic E-state index is 0.0194. The number of fused-ring (bicyclic) bond motifs is 1. The van der Waals surface area contributed by atoms with Crippen molar-refractivity contribution in [1.29, 1.82) is 0 Å². The molecule has 1 fully saturated rings. The molecule has 5 nitrogen and oxygen atoms in total. The summed E-state index contributed by atoms with van der Waals surface area (Å²) in [6.45, 7) is 4.57. The Balaban J connectivity index is 1.37. The van der Waals surface area contributed by atoms with E-state index in [0.29, 0.717) is 16.6 Å². The summed E-state index contributed by atoms with van der Waals surface area (Å²) in [6.07, 6.45) is 8.25. The fourth-order valence-electron chi connectivity index (χ4n) is 5.25. The van der Waals surface area contributed by atoms with Gasteiger partial charge in [-0.25, -0.2) is 4.98 Å². The molecular formula is C27H30Cl2N4O. The largest absolute Gasteiger partial charge is 0.337 e. The van der Waals surface area contributed by atoms with E-state index in [4.69, 9.17) is 23.2 Å². The number of piperidine rings is 1. The fourth-order valence-corrected chi connectivity index (χ4v) is 5.82. The van der Waals surface area contributed by atoms with Gasteiger partial charge in [-0.15, -0.1) is 0 Å². The van der Waals surface area contributed by atoms with E-state index in [1.54, 1.807) is 6.07 Å². The number of aromatic nitrogens is 2. The molecule has 5 rings (SSSR count). The molecule has 2 aromatic carbocycles. The van der Waals surface area contributed by atoms with Gasteiger partial charge in [-0.3, -0.25) is 9.69 Å². The number of benzene rings is 2. The van der Waals surface area contributed by atoms with Crippen molar-refractivity contribution >= 4 is 45.7 Å². The van der Waals surface area contributed by atoms with E-state index in [1.165, 1.54) is 17.6 Å². The van der Waals surface area contributed by atoms with E-state index in [9.17, 15) is 4.79 Å². The monoisotopic (exact) mass is 496 g/mol. The molecule has 178 valence electrons. The second-order valence-corrected chi connectivity index (χ2v) is 10.3. The Hall–Kier alpha value is -2.34. The van der Waals surface area contributed by atoms with Crippen LogP contribution in [0.25, 0.3) is 16.6 Å². The number of halogens is 2. The first kappa shape index (κ1) is 23.4. The Morgan fingerprint density at radius 2 is 1.97 bits per heavy atom. The van der Waals surface area contributed by atoms with Crippen LogP contribution in [0.2, 0.25) is 10.0 Å². The van der Waals surface area contributed by atoms with E-state index in [0.717, 1.165) is 48.9 Å². The molecule has 3 heterocycles. The van der Waals surface area contributed by atoms with Crippen LogP contribution >= 0.6 is 23.2 Å². The van der Waals surface area contributed by atoms with Gasteiger partial charge in [0.2, 0.25) is 5.91 Å². The SMILES string of the molecule is CC(c1ccc(Cl)cc1Cl)n1cnc2ccc(C3=CCN(C(=O)C4CCCCN4C)CC3)cc21. The van der Waals surface area contributed by atoms with Crippen LogP contribution in [0.3, 0.4) is 0 Å². The predicted molar refractivity (Wildman–Crippen MR) is 139 cm³/mol. The molecule has 0 spiro atoms. The van der Waals surface area contributed by atoms with Gasteiger partial charge in [-0.1, -0.05) is 47.8 Å². The Bertz CT molecular complexity index is 1250. The lowest BCUT2D eigenvalue weighted by Gasteiger charge is -2.36. The smallest absolute Gasteiger partial charge is 0.240 e. The summed E-state index contributed by atoms with van der Waals surface area (Å²) in [5.41, 5.74) is 5.50. The molecule has 2 aliphatic heterocycles. The average Bonchev–Trinajstić information content (AvgIpc) is 3.27. The number of rotatable bonds is 4. The minimum atomic E-state index is 0.0194. The van der Waals surface area contributed by atoms with Crippen molar-refractivity contribution in [2.45, 2.75) is 44.7 Å².